The standard InChI is InChI=1S/C37H58O3/c1-24(12-13-25-10-8-7-9-11-25)26-16-21-37(32(39)40)23-22-35(5)27(31(26)37)14-15-29-34(4)19-18-30(38)33(2,3)28(34)17-20-36(29,35)6/h12-13,25-31,38H,1,7-11,14-23H2,2-6H3,(H,39,40)/b13-12+/t26-,27+,28-,29+,30-,31+,34-,35+,36+,37-/m0/s1. The van der Waals surface area contributed by atoms with Gasteiger partial charge in [-0.2, -0.15) is 0 Å². The Hall–Kier alpha value is -1.09. The van der Waals surface area contributed by atoms with Gasteiger partial charge < -0.3 is 10.2 Å². The Balaban J connectivity index is 1.33. The molecular weight excluding hydrogens is 492 g/mol. The molecule has 224 valence electrons. The molecule has 0 saturated heterocycles. The van der Waals surface area contributed by atoms with Gasteiger partial charge in [-0.05, 0) is 134 Å². The largest absolute Gasteiger partial charge is 0.481 e. The lowest BCUT2D eigenvalue weighted by atomic mass is 9.32. The highest BCUT2D eigenvalue weighted by atomic mass is 16.4. The fourth-order valence-electron chi connectivity index (χ4n) is 13.1. The van der Waals surface area contributed by atoms with Gasteiger partial charge in [-0.15, -0.1) is 0 Å². The van der Waals surface area contributed by atoms with Crippen LogP contribution < -0.4 is 0 Å². The number of aliphatic hydroxyl groups excluding tert-OH is 1. The van der Waals surface area contributed by atoms with Crippen molar-refractivity contribution in [2.24, 2.45) is 62.6 Å². The Labute approximate surface area is 244 Å². The third-order valence-electron chi connectivity index (χ3n) is 15.5. The highest BCUT2D eigenvalue weighted by molar-refractivity contribution is 5.76. The van der Waals surface area contributed by atoms with Crippen molar-refractivity contribution < 1.29 is 15.0 Å². The molecule has 0 amide bonds. The number of fused-ring (bicyclic) bond motifs is 7. The lowest BCUT2D eigenvalue weighted by Gasteiger charge is -2.72. The van der Waals surface area contributed by atoms with E-state index in [2.05, 4.69) is 53.3 Å². The van der Waals surface area contributed by atoms with Crippen LogP contribution in [0.2, 0.25) is 0 Å². The summed E-state index contributed by atoms with van der Waals surface area (Å²) in [7, 11) is 0. The summed E-state index contributed by atoms with van der Waals surface area (Å²) in [5.74, 6) is 2.32. The molecule has 6 fully saturated rings. The fourth-order valence-corrected chi connectivity index (χ4v) is 13.1. The van der Waals surface area contributed by atoms with Crippen molar-refractivity contribution in [2.45, 2.75) is 137 Å². The Kier molecular flexibility index (Phi) is 7.04. The number of hydrogen-bond acceptors (Lipinski definition) is 2. The second-order valence-electron chi connectivity index (χ2n) is 17.0. The van der Waals surface area contributed by atoms with Gasteiger partial charge in [0.1, 0.15) is 0 Å². The van der Waals surface area contributed by atoms with Crippen molar-refractivity contribution in [2.75, 3.05) is 0 Å². The van der Waals surface area contributed by atoms with Crippen LogP contribution in [-0.2, 0) is 4.79 Å². The highest BCUT2D eigenvalue weighted by Gasteiger charge is 2.72. The van der Waals surface area contributed by atoms with Gasteiger partial charge in [-0.3, -0.25) is 4.79 Å². The van der Waals surface area contributed by atoms with Gasteiger partial charge in [-0.25, -0.2) is 0 Å². The second-order valence-corrected chi connectivity index (χ2v) is 17.0. The average Bonchev–Trinajstić information content (AvgIpc) is 3.32. The first-order chi connectivity index (χ1) is 18.8. The Morgan fingerprint density at radius 1 is 0.775 bits per heavy atom. The molecule has 3 nitrogen and oxygen atoms in total. The van der Waals surface area contributed by atoms with Crippen LogP contribution in [0.4, 0.5) is 0 Å². The lowest BCUT2D eigenvalue weighted by Crippen LogP contribution is -2.67. The molecule has 2 N–H and O–H groups in total. The van der Waals surface area contributed by atoms with Crippen LogP contribution in [0.25, 0.3) is 0 Å². The molecule has 6 aliphatic carbocycles. The third kappa shape index (κ3) is 3.87. The molecule has 0 heterocycles. The van der Waals surface area contributed by atoms with E-state index < -0.39 is 11.4 Å². The van der Waals surface area contributed by atoms with Crippen molar-refractivity contribution >= 4 is 5.97 Å². The van der Waals surface area contributed by atoms with E-state index in [0.717, 1.165) is 44.9 Å². The number of aliphatic carboxylic acids is 1. The van der Waals surface area contributed by atoms with E-state index in [0.29, 0.717) is 29.6 Å². The van der Waals surface area contributed by atoms with Crippen LogP contribution in [0.15, 0.2) is 24.3 Å². The molecule has 0 aliphatic heterocycles. The van der Waals surface area contributed by atoms with Crippen molar-refractivity contribution in [3.05, 3.63) is 24.3 Å². The number of hydrogen-bond donors (Lipinski definition) is 2. The van der Waals surface area contributed by atoms with E-state index in [9.17, 15) is 15.0 Å². The first-order valence-electron chi connectivity index (χ1n) is 17.1. The molecule has 0 aromatic carbocycles. The van der Waals surface area contributed by atoms with Crippen LogP contribution in [0, 0.1) is 62.6 Å². The van der Waals surface area contributed by atoms with Crippen molar-refractivity contribution in [3.63, 3.8) is 0 Å². The Morgan fingerprint density at radius 2 is 1.50 bits per heavy atom. The summed E-state index contributed by atoms with van der Waals surface area (Å²) >= 11 is 0. The number of carboxylic acids is 1. The summed E-state index contributed by atoms with van der Waals surface area (Å²) in [5.41, 5.74) is 1.24. The third-order valence-corrected chi connectivity index (χ3v) is 15.5. The van der Waals surface area contributed by atoms with Crippen LogP contribution >= 0.6 is 0 Å². The van der Waals surface area contributed by atoms with E-state index in [1.54, 1.807) is 0 Å². The van der Waals surface area contributed by atoms with Crippen LogP contribution in [0.3, 0.4) is 0 Å². The average molecular weight is 551 g/mol. The van der Waals surface area contributed by atoms with Crippen LogP contribution in [-0.4, -0.2) is 22.3 Å². The molecular formula is C37H58O3. The predicted octanol–water partition coefficient (Wildman–Crippen LogP) is 9.21. The monoisotopic (exact) mass is 550 g/mol. The second kappa shape index (κ2) is 9.72. The normalized spacial score (nSPS) is 50.5. The zero-order chi connectivity index (χ0) is 28.7. The summed E-state index contributed by atoms with van der Waals surface area (Å²) in [6, 6.07) is 0. The summed E-state index contributed by atoms with van der Waals surface area (Å²) < 4.78 is 0. The van der Waals surface area contributed by atoms with E-state index in [4.69, 9.17) is 0 Å². The van der Waals surface area contributed by atoms with E-state index >= 15 is 0 Å². The number of rotatable bonds is 4. The summed E-state index contributed by atoms with van der Waals surface area (Å²) in [4.78, 5) is 13.1. The minimum Gasteiger partial charge on any atom is -0.481 e. The number of aliphatic hydroxyl groups is 1. The molecule has 6 saturated carbocycles. The molecule has 0 radical (unpaired) electrons. The maximum absolute atomic E-state index is 13.1. The Morgan fingerprint density at radius 3 is 2.20 bits per heavy atom. The highest BCUT2D eigenvalue weighted by Crippen LogP contribution is 2.77. The summed E-state index contributed by atoms with van der Waals surface area (Å²) in [6.07, 6.45) is 21.8. The minimum atomic E-state index is -0.572. The Bertz CT molecular complexity index is 1050. The lowest BCUT2D eigenvalue weighted by molar-refractivity contribution is -0.248. The predicted molar refractivity (Wildman–Crippen MR) is 163 cm³/mol. The van der Waals surface area contributed by atoms with E-state index in [1.807, 2.05) is 0 Å². The first-order valence-corrected chi connectivity index (χ1v) is 17.1. The number of carbonyl (C=O) groups is 1. The van der Waals surface area contributed by atoms with Crippen LogP contribution in [0.5, 0.6) is 0 Å². The van der Waals surface area contributed by atoms with Crippen molar-refractivity contribution in [1.29, 1.82) is 0 Å². The molecule has 10 atom stereocenters. The number of allylic oxidation sites excluding steroid dienone is 3. The number of carboxylic acid groups (broad SMARTS) is 1. The maximum Gasteiger partial charge on any atom is 0.309 e. The smallest absolute Gasteiger partial charge is 0.309 e. The van der Waals surface area contributed by atoms with Crippen molar-refractivity contribution in [1.82, 2.24) is 0 Å². The van der Waals surface area contributed by atoms with Gasteiger partial charge in [0.25, 0.3) is 0 Å². The maximum atomic E-state index is 13.1. The fraction of sp³-hybridized carbons (Fsp3) is 0.865. The van der Waals surface area contributed by atoms with E-state index in [1.165, 1.54) is 56.9 Å². The molecule has 6 aliphatic rings. The van der Waals surface area contributed by atoms with Crippen molar-refractivity contribution in [3.8, 4) is 0 Å². The molecule has 3 heteroatoms. The quantitative estimate of drug-likeness (QED) is 0.343. The molecule has 6 rings (SSSR count). The zero-order valence-electron chi connectivity index (χ0n) is 26.3. The molecule has 0 aromatic rings. The molecule has 0 unspecified atom stereocenters. The van der Waals surface area contributed by atoms with Gasteiger partial charge in [0.15, 0.2) is 0 Å². The summed E-state index contributed by atoms with van der Waals surface area (Å²) in [5, 5.41) is 21.8. The molecule has 0 aromatic heterocycles. The van der Waals surface area contributed by atoms with Gasteiger partial charge in [-0.1, -0.05) is 78.2 Å². The van der Waals surface area contributed by atoms with E-state index in [-0.39, 0.29) is 33.7 Å². The van der Waals surface area contributed by atoms with Gasteiger partial charge in [0.05, 0.1) is 11.5 Å². The molecule has 0 spiro atoms. The van der Waals surface area contributed by atoms with Crippen LogP contribution in [0.1, 0.15) is 131 Å². The SMILES string of the molecule is C=C(/C=C/C1CCCCC1)[C@@H]1CC[C@]2(C(=O)O)CC[C@]3(C)[C@H](CC[C@@H]4[C@@]5(C)CC[C@H](O)C(C)(C)[C@@H]5CC[C@]43C)[C@@H]12. The molecule has 40 heavy (non-hydrogen) atoms. The zero-order valence-corrected chi connectivity index (χ0v) is 26.3. The van der Waals surface area contributed by atoms with Gasteiger partial charge in [0, 0.05) is 0 Å². The first kappa shape index (κ1) is 29.0. The topological polar surface area (TPSA) is 57.5 Å². The van der Waals surface area contributed by atoms with Gasteiger partial charge >= 0.3 is 5.97 Å². The van der Waals surface area contributed by atoms with Gasteiger partial charge in [0.2, 0.25) is 0 Å². The summed E-state index contributed by atoms with van der Waals surface area (Å²) in [6.45, 7) is 17.1. The minimum absolute atomic E-state index is 0.0317. The molecule has 0 bridgehead atoms.